The van der Waals surface area contributed by atoms with E-state index in [-0.39, 0.29) is 24.0 Å². The van der Waals surface area contributed by atoms with Crippen LogP contribution in [0.4, 0.5) is 22.0 Å². The van der Waals surface area contributed by atoms with Gasteiger partial charge >= 0.3 is 6.03 Å². The minimum atomic E-state index is -0.244. The molecule has 3 aromatic heterocycles. The lowest BCUT2D eigenvalue weighted by molar-refractivity contribution is 0.0946. The molecule has 0 spiro atoms. The van der Waals surface area contributed by atoms with Crippen LogP contribution in [0.25, 0.3) is 11.0 Å². The Morgan fingerprint density at radius 1 is 1.12 bits per heavy atom. The smallest absolute Gasteiger partial charge is 0.327 e. The van der Waals surface area contributed by atoms with Gasteiger partial charge in [0.05, 0.1) is 17.4 Å². The van der Waals surface area contributed by atoms with Gasteiger partial charge in [0.2, 0.25) is 0 Å². The van der Waals surface area contributed by atoms with Gasteiger partial charge in [0.1, 0.15) is 11.3 Å². The number of hydrogen-bond acceptors (Lipinski definition) is 5. The molecule has 2 bridgehead atoms. The second-order valence-corrected chi connectivity index (χ2v) is 8.88. The van der Waals surface area contributed by atoms with Crippen LogP contribution in [0.15, 0.2) is 30.5 Å². The van der Waals surface area contributed by atoms with Crippen molar-refractivity contribution < 1.29 is 9.59 Å². The molecule has 1 atom stereocenters. The molecule has 164 valence electrons. The third-order valence-corrected chi connectivity index (χ3v) is 6.47. The number of piperidine rings is 1. The summed E-state index contributed by atoms with van der Waals surface area (Å²) in [5, 5.41) is 6.89. The van der Waals surface area contributed by atoms with Crippen LogP contribution in [-0.4, -0.2) is 52.1 Å². The minimum Gasteiger partial charge on any atom is -0.366 e. The fourth-order valence-corrected chi connectivity index (χ4v) is 4.68. The lowest BCUT2D eigenvalue weighted by Gasteiger charge is -2.45. The van der Waals surface area contributed by atoms with E-state index in [1.54, 1.807) is 17.2 Å². The highest BCUT2D eigenvalue weighted by molar-refractivity contribution is 6.08. The molecule has 0 unspecified atom stereocenters. The van der Waals surface area contributed by atoms with E-state index >= 15 is 0 Å². The number of rotatable bonds is 3. The number of aromatic amines is 1. The van der Waals surface area contributed by atoms with Gasteiger partial charge in [-0.1, -0.05) is 0 Å². The zero-order chi connectivity index (χ0) is 21.8. The van der Waals surface area contributed by atoms with Crippen molar-refractivity contribution in [3.05, 3.63) is 41.9 Å². The molecule has 32 heavy (non-hydrogen) atoms. The summed E-state index contributed by atoms with van der Waals surface area (Å²) < 4.78 is 0. The predicted molar refractivity (Wildman–Crippen MR) is 122 cm³/mol. The highest BCUT2D eigenvalue weighted by Crippen LogP contribution is 2.38. The second-order valence-electron chi connectivity index (χ2n) is 8.88. The Kier molecular flexibility index (Phi) is 4.31. The van der Waals surface area contributed by atoms with Crippen LogP contribution in [0.3, 0.4) is 0 Å². The summed E-state index contributed by atoms with van der Waals surface area (Å²) in [5.41, 5.74) is 3.57. The molecule has 3 aromatic rings. The van der Waals surface area contributed by atoms with E-state index in [9.17, 15) is 9.59 Å². The fourth-order valence-electron chi connectivity index (χ4n) is 4.68. The van der Waals surface area contributed by atoms with Crippen LogP contribution >= 0.6 is 0 Å². The Labute approximate surface area is 185 Å². The van der Waals surface area contributed by atoms with E-state index < -0.39 is 0 Å². The molecule has 3 amide bonds. The number of aromatic nitrogens is 3. The molecule has 3 aliphatic rings. The van der Waals surface area contributed by atoms with Crippen LogP contribution in [0.1, 0.15) is 41.9 Å². The number of amides is 3. The van der Waals surface area contributed by atoms with E-state index in [0.717, 1.165) is 61.2 Å². The van der Waals surface area contributed by atoms with Crippen LogP contribution < -0.4 is 20.4 Å². The Morgan fingerprint density at radius 3 is 2.84 bits per heavy atom. The van der Waals surface area contributed by atoms with Crippen molar-refractivity contribution in [3.63, 3.8) is 0 Å². The molecule has 2 aliphatic heterocycles. The van der Waals surface area contributed by atoms with E-state index in [0.29, 0.717) is 17.2 Å². The van der Waals surface area contributed by atoms with E-state index in [1.807, 2.05) is 25.1 Å². The molecular formula is C23H25N7O2. The number of carbonyl (C=O) groups excluding carboxylic acids is 2. The maximum atomic E-state index is 13.5. The second kappa shape index (κ2) is 7.22. The van der Waals surface area contributed by atoms with Gasteiger partial charge in [-0.25, -0.2) is 14.8 Å². The first kappa shape index (κ1) is 19.1. The number of fused-ring (bicyclic) bond motifs is 5. The highest BCUT2D eigenvalue weighted by Gasteiger charge is 2.39. The van der Waals surface area contributed by atoms with Gasteiger partial charge in [0, 0.05) is 36.4 Å². The number of carbonyl (C=O) groups is 2. The Balaban J connectivity index is 1.35. The van der Waals surface area contributed by atoms with Crippen molar-refractivity contribution in [1.29, 1.82) is 0 Å². The molecule has 5 heterocycles. The van der Waals surface area contributed by atoms with Crippen molar-refractivity contribution in [2.24, 2.45) is 0 Å². The predicted octanol–water partition coefficient (Wildman–Crippen LogP) is 3.18. The molecule has 6 rings (SSSR count). The number of H-pyrrole nitrogens is 1. The van der Waals surface area contributed by atoms with Crippen LogP contribution in [0.2, 0.25) is 0 Å². The summed E-state index contributed by atoms with van der Waals surface area (Å²) in [6, 6.07) is 7.58. The van der Waals surface area contributed by atoms with Crippen molar-refractivity contribution in [3.8, 4) is 0 Å². The molecule has 1 saturated heterocycles. The summed E-state index contributed by atoms with van der Waals surface area (Å²) >= 11 is 0. The minimum absolute atomic E-state index is 0.0102. The average molecular weight is 432 g/mol. The van der Waals surface area contributed by atoms with Gasteiger partial charge in [-0.2, -0.15) is 0 Å². The number of nitrogens with zero attached hydrogens (tertiary/aromatic N) is 4. The molecule has 1 saturated carbocycles. The van der Waals surface area contributed by atoms with Crippen LogP contribution in [-0.2, 0) is 0 Å². The Morgan fingerprint density at radius 2 is 2.00 bits per heavy atom. The Bertz CT molecular complexity index is 1230. The molecule has 9 nitrogen and oxygen atoms in total. The standard InChI is InChI=1S/C23H25N7O2/c1-13-4-7-16-18(11-24-20(16)25-13)28-23(32)30-15-3-2-10-29(12-15)19-9-8-17(27-21(19)30)22(31)26-14-5-6-14/h4,7-9,11,14-15H,2-3,5-6,10,12H2,1H3,(H,24,25)(H,26,31)(H,28,32)/t15-/m0/s1. The maximum absolute atomic E-state index is 13.5. The van der Waals surface area contributed by atoms with Crippen LogP contribution in [0.5, 0.6) is 0 Å². The molecule has 0 radical (unpaired) electrons. The number of hydrogen-bond donors (Lipinski definition) is 3. The monoisotopic (exact) mass is 431 g/mol. The fraction of sp³-hybridized carbons (Fsp3) is 0.391. The first-order chi connectivity index (χ1) is 15.6. The lowest BCUT2D eigenvalue weighted by Crippen LogP contribution is -2.56. The average Bonchev–Trinajstić information content (AvgIpc) is 3.52. The number of urea groups is 1. The van der Waals surface area contributed by atoms with Gasteiger partial charge in [-0.05, 0) is 56.9 Å². The summed E-state index contributed by atoms with van der Waals surface area (Å²) in [5.74, 6) is 0.371. The topological polar surface area (TPSA) is 106 Å². The van der Waals surface area contributed by atoms with Crippen LogP contribution in [0, 0.1) is 6.92 Å². The first-order valence-electron chi connectivity index (χ1n) is 11.2. The van der Waals surface area contributed by atoms with Gasteiger partial charge in [0.15, 0.2) is 5.82 Å². The summed E-state index contributed by atoms with van der Waals surface area (Å²) in [6.45, 7) is 3.63. The lowest BCUT2D eigenvalue weighted by atomic mass is 9.99. The normalized spacial score (nSPS) is 19.6. The van der Waals surface area contributed by atoms with Gasteiger partial charge in [0.25, 0.3) is 5.91 Å². The molecular weight excluding hydrogens is 406 g/mol. The molecule has 9 heteroatoms. The van der Waals surface area contributed by atoms with Crippen molar-refractivity contribution in [2.45, 2.75) is 44.7 Å². The third kappa shape index (κ3) is 3.24. The quantitative estimate of drug-likeness (QED) is 0.591. The van der Waals surface area contributed by atoms with E-state index in [1.165, 1.54) is 0 Å². The van der Waals surface area contributed by atoms with Gasteiger partial charge in [-0.15, -0.1) is 0 Å². The van der Waals surface area contributed by atoms with E-state index in [2.05, 4.69) is 30.5 Å². The number of anilines is 3. The number of aryl methyl sites for hydroxylation is 1. The summed E-state index contributed by atoms with van der Waals surface area (Å²) in [7, 11) is 0. The van der Waals surface area contributed by atoms with Crippen molar-refractivity contribution in [2.75, 3.05) is 28.2 Å². The van der Waals surface area contributed by atoms with Crippen molar-refractivity contribution in [1.82, 2.24) is 20.3 Å². The summed E-state index contributed by atoms with van der Waals surface area (Å²) in [4.78, 5) is 42.4. The molecule has 0 aromatic carbocycles. The molecule has 2 fully saturated rings. The molecule has 1 aliphatic carbocycles. The van der Waals surface area contributed by atoms with Crippen molar-refractivity contribution >= 4 is 40.2 Å². The maximum Gasteiger partial charge on any atom is 0.327 e. The van der Waals surface area contributed by atoms with E-state index in [4.69, 9.17) is 0 Å². The zero-order valence-electron chi connectivity index (χ0n) is 17.9. The zero-order valence-corrected chi connectivity index (χ0v) is 17.9. The number of nitrogens with one attached hydrogen (secondary N) is 3. The Hall–Kier alpha value is -3.62. The van der Waals surface area contributed by atoms with Gasteiger partial charge in [-0.3, -0.25) is 9.69 Å². The summed E-state index contributed by atoms with van der Waals surface area (Å²) in [6.07, 6.45) is 5.70. The largest absolute Gasteiger partial charge is 0.366 e. The first-order valence-corrected chi connectivity index (χ1v) is 11.2. The number of pyridine rings is 2. The molecule has 3 N–H and O–H groups in total. The highest BCUT2D eigenvalue weighted by atomic mass is 16.2. The van der Waals surface area contributed by atoms with Gasteiger partial charge < -0.3 is 20.5 Å². The SMILES string of the molecule is Cc1ccc2c(NC(=O)N3c4nc(C(=O)NC5CC5)ccc4N4CCC[C@H]3C4)c[nH]c2n1. The third-order valence-electron chi connectivity index (χ3n) is 6.47.